The molecule has 0 aliphatic rings. The van der Waals surface area contributed by atoms with Gasteiger partial charge in [-0.15, -0.1) is 0 Å². The zero-order valence-corrected chi connectivity index (χ0v) is 27.6. The minimum absolute atomic E-state index is 0.901. The number of benzene rings is 8. The van der Waals surface area contributed by atoms with E-state index in [9.17, 15) is 0 Å². The first-order chi connectivity index (χ1) is 25.3. The summed E-state index contributed by atoms with van der Waals surface area (Å²) >= 11 is 0. The number of hydrogen-bond donors (Lipinski definition) is 0. The normalized spacial score (nSPS) is 11.9. The van der Waals surface area contributed by atoms with E-state index in [0.29, 0.717) is 0 Å². The van der Waals surface area contributed by atoms with Crippen molar-refractivity contribution in [1.29, 1.82) is 0 Å². The van der Waals surface area contributed by atoms with Crippen LogP contribution in [0.4, 0.5) is 0 Å². The highest BCUT2D eigenvalue weighted by Crippen LogP contribution is 2.41. The van der Waals surface area contributed by atoms with Gasteiger partial charge in [-0.05, 0) is 89.0 Å². The van der Waals surface area contributed by atoms with Gasteiger partial charge in [0.05, 0.1) is 22.1 Å². The van der Waals surface area contributed by atoms with Crippen LogP contribution in [0.1, 0.15) is 0 Å². The minimum atomic E-state index is 0.901. The van der Waals surface area contributed by atoms with Crippen LogP contribution in [0.15, 0.2) is 186 Å². The summed E-state index contributed by atoms with van der Waals surface area (Å²) in [5.41, 5.74) is 13.7. The van der Waals surface area contributed by atoms with E-state index in [1.54, 1.807) is 0 Å². The Hall–Kier alpha value is -6.84. The SMILES string of the molecule is c1ccc(-c2cccc(-c3ccc(-n4c5ccccc5c5cc6c7ccccc7n(-c7ccc8oc9ccccc9c8c7)c6cc54)cc3)c2)cc1. The van der Waals surface area contributed by atoms with Crippen molar-refractivity contribution in [2.75, 3.05) is 0 Å². The Morgan fingerprint density at radius 1 is 0.275 bits per heavy atom. The summed E-state index contributed by atoms with van der Waals surface area (Å²) in [4.78, 5) is 0. The van der Waals surface area contributed by atoms with Crippen LogP contribution in [0, 0.1) is 0 Å². The first-order valence-corrected chi connectivity index (χ1v) is 17.4. The molecule has 11 rings (SSSR count). The second kappa shape index (κ2) is 10.8. The molecular formula is C48H30N2O. The third-order valence-corrected chi connectivity index (χ3v) is 10.5. The molecule has 0 unspecified atom stereocenters. The molecule has 3 aromatic heterocycles. The van der Waals surface area contributed by atoms with Crippen molar-refractivity contribution in [2.45, 2.75) is 0 Å². The highest BCUT2D eigenvalue weighted by molar-refractivity contribution is 6.19. The molecule has 11 aromatic rings. The predicted octanol–water partition coefficient (Wildman–Crippen LogP) is 13.1. The maximum absolute atomic E-state index is 6.21. The van der Waals surface area contributed by atoms with Gasteiger partial charge >= 0.3 is 0 Å². The summed E-state index contributed by atoms with van der Waals surface area (Å²) < 4.78 is 11.0. The third kappa shape index (κ3) is 4.25. The molecule has 3 heterocycles. The lowest BCUT2D eigenvalue weighted by Gasteiger charge is -2.11. The van der Waals surface area contributed by atoms with Crippen molar-refractivity contribution < 1.29 is 4.42 Å². The molecule has 3 heteroatoms. The molecule has 0 amide bonds. The highest BCUT2D eigenvalue weighted by Gasteiger charge is 2.19. The molecule has 0 bridgehead atoms. The lowest BCUT2D eigenvalue weighted by atomic mass is 9.99. The number of hydrogen-bond acceptors (Lipinski definition) is 1. The minimum Gasteiger partial charge on any atom is -0.456 e. The van der Waals surface area contributed by atoms with Gasteiger partial charge in [0.15, 0.2) is 0 Å². The van der Waals surface area contributed by atoms with E-state index in [1.807, 2.05) is 12.1 Å². The second-order valence-corrected chi connectivity index (χ2v) is 13.4. The average Bonchev–Trinajstić information content (AvgIpc) is 3.84. The second-order valence-electron chi connectivity index (χ2n) is 13.4. The fraction of sp³-hybridized carbons (Fsp3) is 0. The first kappa shape index (κ1) is 28.0. The molecule has 0 aliphatic carbocycles. The Morgan fingerprint density at radius 2 is 0.804 bits per heavy atom. The standard InChI is InChI=1S/C48H30N2O/c1-2-11-31(12-3-1)33-13-10-14-34(27-33)32-21-23-35(24-22-32)49-43-18-7-4-15-37(43)40-29-41-38-16-5-8-19-44(38)50(46(41)30-45(40)49)36-25-26-48-42(28-36)39-17-6-9-20-47(39)51-48/h1-30H. The molecule has 0 aliphatic heterocycles. The quantitative estimate of drug-likeness (QED) is 0.186. The van der Waals surface area contributed by atoms with E-state index >= 15 is 0 Å². The molecular weight excluding hydrogens is 621 g/mol. The van der Waals surface area contributed by atoms with Crippen LogP contribution in [-0.2, 0) is 0 Å². The van der Waals surface area contributed by atoms with Gasteiger partial charge in [0.25, 0.3) is 0 Å². The van der Waals surface area contributed by atoms with Crippen molar-refractivity contribution in [1.82, 2.24) is 9.13 Å². The molecule has 51 heavy (non-hydrogen) atoms. The molecule has 0 fully saturated rings. The lowest BCUT2D eigenvalue weighted by molar-refractivity contribution is 0.669. The van der Waals surface area contributed by atoms with Crippen molar-refractivity contribution in [3.05, 3.63) is 182 Å². The number of para-hydroxylation sites is 3. The van der Waals surface area contributed by atoms with Crippen LogP contribution in [0.5, 0.6) is 0 Å². The van der Waals surface area contributed by atoms with Crippen molar-refractivity contribution >= 4 is 65.6 Å². The molecule has 3 nitrogen and oxygen atoms in total. The van der Waals surface area contributed by atoms with E-state index in [2.05, 4.69) is 179 Å². The van der Waals surface area contributed by atoms with Crippen molar-refractivity contribution in [3.63, 3.8) is 0 Å². The number of fused-ring (bicyclic) bond motifs is 9. The molecule has 0 spiro atoms. The van der Waals surface area contributed by atoms with Gasteiger partial charge in [0.1, 0.15) is 11.2 Å². The smallest absolute Gasteiger partial charge is 0.135 e. The maximum atomic E-state index is 6.21. The van der Waals surface area contributed by atoms with Gasteiger partial charge < -0.3 is 13.6 Å². The van der Waals surface area contributed by atoms with Gasteiger partial charge in [-0.3, -0.25) is 0 Å². The first-order valence-electron chi connectivity index (χ1n) is 17.4. The average molecular weight is 651 g/mol. The number of furan rings is 1. The number of aromatic nitrogens is 2. The Kier molecular flexibility index (Phi) is 5.96. The Morgan fingerprint density at radius 3 is 1.51 bits per heavy atom. The summed E-state index contributed by atoms with van der Waals surface area (Å²) in [5.74, 6) is 0. The van der Waals surface area contributed by atoms with Gasteiger partial charge in [-0.25, -0.2) is 0 Å². The lowest BCUT2D eigenvalue weighted by Crippen LogP contribution is -1.96. The van der Waals surface area contributed by atoms with Gasteiger partial charge in [0, 0.05) is 43.7 Å². The summed E-state index contributed by atoms with van der Waals surface area (Å²) in [6.45, 7) is 0. The molecule has 0 saturated heterocycles. The molecule has 0 N–H and O–H groups in total. The summed E-state index contributed by atoms with van der Waals surface area (Å²) in [5, 5.41) is 7.23. The highest BCUT2D eigenvalue weighted by atomic mass is 16.3. The van der Waals surface area contributed by atoms with Crippen LogP contribution >= 0.6 is 0 Å². The molecule has 0 saturated carbocycles. The zero-order chi connectivity index (χ0) is 33.5. The van der Waals surface area contributed by atoms with Crippen molar-refractivity contribution in [3.8, 4) is 33.6 Å². The number of rotatable bonds is 4. The summed E-state index contributed by atoms with van der Waals surface area (Å²) in [6, 6.07) is 65.6. The fourth-order valence-electron chi connectivity index (χ4n) is 8.15. The van der Waals surface area contributed by atoms with E-state index in [1.165, 1.54) is 65.9 Å². The van der Waals surface area contributed by atoms with Crippen LogP contribution in [0.2, 0.25) is 0 Å². The molecule has 238 valence electrons. The summed E-state index contributed by atoms with van der Waals surface area (Å²) in [7, 11) is 0. The van der Waals surface area contributed by atoms with E-state index in [0.717, 1.165) is 33.3 Å². The number of nitrogens with zero attached hydrogens (tertiary/aromatic N) is 2. The monoisotopic (exact) mass is 650 g/mol. The van der Waals surface area contributed by atoms with Gasteiger partial charge in [0.2, 0.25) is 0 Å². The fourth-order valence-corrected chi connectivity index (χ4v) is 8.15. The largest absolute Gasteiger partial charge is 0.456 e. The maximum Gasteiger partial charge on any atom is 0.135 e. The Labute approximate surface area is 293 Å². The van der Waals surface area contributed by atoms with Crippen LogP contribution < -0.4 is 0 Å². The Balaban J connectivity index is 1.12. The molecule has 8 aromatic carbocycles. The van der Waals surface area contributed by atoms with Crippen LogP contribution in [0.25, 0.3) is 99.2 Å². The van der Waals surface area contributed by atoms with Crippen LogP contribution in [0.3, 0.4) is 0 Å². The third-order valence-electron chi connectivity index (χ3n) is 10.5. The van der Waals surface area contributed by atoms with E-state index in [4.69, 9.17) is 4.42 Å². The van der Waals surface area contributed by atoms with E-state index < -0.39 is 0 Å². The van der Waals surface area contributed by atoms with Gasteiger partial charge in [-0.2, -0.15) is 0 Å². The molecule has 0 atom stereocenters. The topological polar surface area (TPSA) is 23.0 Å². The predicted molar refractivity (Wildman–Crippen MR) is 213 cm³/mol. The van der Waals surface area contributed by atoms with E-state index in [-0.39, 0.29) is 0 Å². The van der Waals surface area contributed by atoms with Crippen molar-refractivity contribution in [2.24, 2.45) is 0 Å². The zero-order valence-electron chi connectivity index (χ0n) is 27.6. The van der Waals surface area contributed by atoms with Gasteiger partial charge in [-0.1, -0.05) is 115 Å². The van der Waals surface area contributed by atoms with Crippen LogP contribution in [-0.4, -0.2) is 9.13 Å². The summed E-state index contributed by atoms with van der Waals surface area (Å²) in [6.07, 6.45) is 0. The molecule has 0 radical (unpaired) electrons. The Bertz CT molecular complexity index is 3120.